The number of nitrogens with two attached hydrogens (primary N) is 1. The number of fused-ring (bicyclic) bond motifs is 1. The van der Waals surface area contributed by atoms with Crippen LogP contribution in [0.5, 0.6) is 0 Å². The Morgan fingerprint density at radius 3 is 2.94 bits per heavy atom. The van der Waals surface area contributed by atoms with Gasteiger partial charge in [0.05, 0.1) is 10.2 Å². The van der Waals surface area contributed by atoms with Crippen LogP contribution in [0.4, 0.5) is 10.8 Å². The Morgan fingerprint density at radius 2 is 2.17 bits per heavy atom. The van der Waals surface area contributed by atoms with Crippen LogP contribution in [0.25, 0.3) is 10.2 Å². The van der Waals surface area contributed by atoms with Gasteiger partial charge in [-0.3, -0.25) is 0 Å². The molecule has 1 saturated carbocycles. The molecule has 0 radical (unpaired) electrons. The number of hydrogen-bond donors (Lipinski definition) is 2. The molecule has 1 aromatic carbocycles. The minimum atomic E-state index is 0.519. The van der Waals surface area contributed by atoms with Crippen molar-refractivity contribution in [3.63, 3.8) is 0 Å². The molecule has 18 heavy (non-hydrogen) atoms. The summed E-state index contributed by atoms with van der Waals surface area (Å²) in [6.45, 7) is 2.27. The zero-order valence-corrected chi connectivity index (χ0v) is 11.5. The van der Waals surface area contributed by atoms with Crippen molar-refractivity contribution in [1.82, 2.24) is 4.98 Å². The third-order valence-corrected chi connectivity index (χ3v) is 4.82. The molecule has 3 rings (SSSR count). The molecule has 1 atom stereocenters. The lowest BCUT2D eigenvalue weighted by molar-refractivity contribution is 0.482. The Balaban J connectivity index is 1.77. The number of aromatic nitrogens is 1. The molecular weight excluding hydrogens is 242 g/mol. The van der Waals surface area contributed by atoms with Crippen molar-refractivity contribution in [3.8, 4) is 0 Å². The largest absolute Gasteiger partial charge is 0.399 e. The van der Waals surface area contributed by atoms with Crippen LogP contribution in [0, 0.1) is 5.92 Å². The first kappa shape index (κ1) is 11.8. The van der Waals surface area contributed by atoms with Crippen LogP contribution in [-0.4, -0.2) is 11.0 Å². The van der Waals surface area contributed by atoms with E-state index in [1.54, 1.807) is 11.3 Å². The molecule has 4 heteroatoms. The van der Waals surface area contributed by atoms with Crippen molar-refractivity contribution in [2.75, 3.05) is 11.1 Å². The molecule has 1 heterocycles. The number of benzene rings is 1. The van der Waals surface area contributed by atoms with Crippen LogP contribution >= 0.6 is 11.3 Å². The third kappa shape index (κ3) is 2.29. The number of nitrogen functional groups attached to an aromatic ring is 1. The summed E-state index contributed by atoms with van der Waals surface area (Å²) in [5, 5.41) is 4.58. The van der Waals surface area contributed by atoms with Crippen LogP contribution in [0.15, 0.2) is 18.2 Å². The maximum Gasteiger partial charge on any atom is 0.184 e. The van der Waals surface area contributed by atoms with Crippen molar-refractivity contribution in [3.05, 3.63) is 18.2 Å². The van der Waals surface area contributed by atoms with Gasteiger partial charge >= 0.3 is 0 Å². The lowest BCUT2D eigenvalue weighted by atomic mass is 10.0. The Morgan fingerprint density at radius 1 is 1.39 bits per heavy atom. The highest BCUT2D eigenvalue weighted by Crippen LogP contribution is 2.32. The third-order valence-electron chi connectivity index (χ3n) is 3.87. The summed E-state index contributed by atoms with van der Waals surface area (Å²) in [7, 11) is 0. The van der Waals surface area contributed by atoms with Crippen molar-refractivity contribution >= 4 is 32.4 Å². The van der Waals surface area contributed by atoms with E-state index in [4.69, 9.17) is 5.73 Å². The van der Waals surface area contributed by atoms with Crippen LogP contribution in [0.1, 0.15) is 32.6 Å². The lowest BCUT2D eigenvalue weighted by Gasteiger charge is -2.19. The van der Waals surface area contributed by atoms with Gasteiger partial charge in [0.2, 0.25) is 0 Å². The Bertz CT molecular complexity index is 543. The number of thiazole rings is 1. The predicted octanol–water partition coefficient (Wildman–Crippen LogP) is 3.87. The summed E-state index contributed by atoms with van der Waals surface area (Å²) in [6, 6.07) is 6.42. The van der Waals surface area contributed by atoms with Gasteiger partial charge in [0.1, 0.15) is 0 Å². The standard InChI is InChI=1S/C14H19N3S/c1-9(10-4-2-3-5-10)16-14-17-12-7-6-11(15)8-13(12)18-14/h6-10H,2-5,15H2,1H3,(H,16,17). The quantitative estimate of drug-likeness (QED) is 0.825. The van der Waals surface area contributed by atoms with E-state index in [1.807, 2.05) is 18.2 Å². The fourth-order valence-electron chi connectivity index (χ4n) is 2.77. The Kier molecular flexibility index (Phi) is 3.12. The second kappa shape index (κ2) is 4.76. The van der Waals surface area contributed by atoms with Crippen molar-refractivity contribution in [1.29, 1.82) is 0 Å². The molecule has 0 amide bonds. The molecule has 1 aliphatic carbocycles. The van der Waals surface area contributed by atoms with E-state index in [0.29, 0.717) is 6.04 Å². The molecule has 1 aliphatic rings. The molecule has 0 saturated heterocycles. The van der Waals surface area contributed by atoms with Gasteiger partial charge in [-0.25, -0.2) is 4.98 Å². The molecular formula is C14H19N3S. The van der Waals surface area contributed by atoms with E-state index in [0.717, 1.165) is 27.0 Å². The monoisotopic (exact) mass is 261 g/mol. The zero-order chi connectivity index (χ0) is 12.5. The molecule has 1 aromatic heterocycles. The van der Waals surface area contributed by atoms with E-state index < -0.39 is 0 Å². The molecule has 2 aromatic rings. The van der Waals surface area contributed by atoms with Crippen molar-refractivity contribution in [2.24, 2.45) is 5.92 Å². The average molecular weight is 261 g/mol. The van der Waals surface area contributed by atoms with Gasteiger partial charge in [-0.15, -0.1) is 0 Å². The summed E-state index contributed by atoms with van der Waals surface area (Å²) in [6.07, 6.45) is 5.47. The number of nitrogens with one attached hydrogen (secondary N) is 1. The average Bonchev–Trinajstić information content (AvgIpc) is 2.95. The molecule has 3 nitrogen and oxygen atoms in total. The molecule has 1 fully saturated rings. The minimum Gasteiger partial charge on any atom is -0.399 e. The smallest absolute Gasteiger partial charge is 0.184 e. The van der Waals surface area contributed by atoms with Gasteiger partial charge in [-0.2, -0.15) is 0 Å². The second-order valence-electron chi connectivity index (χ2n) is 5.22. The molecule has 0 aliphatic heterocycles. The van der Waals surface area contributed by atoms with Crippen molar-refractivity contribution in [2.45, 2.75) is 38.6 Å². The van der Waals surface area contributed by atoms with Gasteiger partial charge in [0.25, 0.3) is 0 Å². The van der Waals surface area contributed by atoms with Gasteiger partial charge in [0, 0.05) is 11.7 Å². The maximum atomic E-state index is 5.79. The minimum absolute atomic E-state index is 0.519. The Labute approximate surface area is 111 Å². The normalized spacial score (nSPS) is 18.3. The van der Waals surface area contributed by atoms with Gasteiger partial charge in [-0.05, 0) is 43.9 Å². The first-order chi connectivity index (χ1) is 8.72. The topological polar surface area (TPSA) is 50.9 Å². The predicted molar refractivity (Wildman–Crippen MR) is 79.1 cm³/mol. The molecule has 0 spiro atoms. The maximum absolute atomic E-state index is 5.79. The van der Waals surface area contributed by atoms with Gasteiger partial charge in [-0.1, -0.05) is 24.2 Å². The summed E-state index contributed by atoms with van der Waals surface area (Å²) in [5.41, 5.74) is 7.64. The highest BCUT2D eigenvalue weighted by Gasteiger charge is 2.22. The first-order valence-electron chi connectivity index (χ1n) is 6.65. The number of rotatable bonds is 3. The summed E-state index contributed by atoms with van der Waals surface area (Å²) in [5.74, 6) is 0.807. The highest BCUT2D eigenvalue weighted by molar-refractivity contribution is 7.22. The van der Waals surface area contributed by atoms with Crippen LogP contribution < -0.4 is 11.1 Å². The van der Waals surface area contributed by atoms with E-state index in [2.05, 4.69) is 17.2 Å². The van der Waals surface area contributed by atoms with Crippen LogP contribution in [-0.2, 0) is 0 Å². The van der Waals surface area contributed by atoms with E-state index >= 15 is 0 Å². The first-order valence-corrected chi connectivity index (χ1v) is 7.46. The van der Waals surface area contributed by atoms with Crippen LogP contribution in [0.2, 0.25) is 0 Å². The highest BCUT2D eigenvalue weighted by atomic mass is 32.1. The fourth-order valence-corrected chi connectivity index (χ4v) is 3.78. The van der Waals surface area contributed by atoms with Gasteiger partial charge < -0.3 is 11.1 Å². The Hall–Kier alpha value is -1.29. The van der Waals surface area contributed by atoms with Crippen molar-refractivity contribution < 1.29 is 0 Å². The lowest BCUT2D eigenvalue weighted by Crippen LogP contribution is -2.23. The zero-order valence-electron chi connectivity index (χ0n) is 10.6. The fraction of sp³-hybridized carbons (Fsp3) is 0.500. The number of hydrogen-bond acceptors (Lipinski definition) is 4. The molecule has 96 valence electrons. The van der Waals surface area contributed by atoms with E-state index in [1.165, 1.54) is 25.7 Å². The summed E-state index contributed by atoms with van der Waals surface area (Å²) < 4.78 is 1.16. The van der Waals surface area contributed by atoms with E-state index in [-0.39, 0.29) is 0 Å². The SMILES string of the molecule is CC(Nc1nc2ccc(N)cc2s1)C1CCCC1. The van der Waals surface area contributed by atoms with E-state index in [9.17, 15) is 0 Å². The summed E-state index contributed by atoms with van der Waals surface area (Å²) in [4.78, 5) is 4.62. The molecule has 1 unspecified atom stereocenters. The van der Waals surface area contributed by atoms with Gasteiger partial charge in [0.15, 0.2) is 5.13 Å². The second-order valence-corrected chi connectivity index (χ2v) is 6.25. The molecule has 0 bridgehead atoms. The summed E-state index contributed by atoms with van der Waals surface area (Å²) >= 11 is 1.70. The molecule has 3 N–H and O–H groups in total. The van der Waals surface area contributed by atoms with Crippen LogP contribution in [0.3, 0.4) is 0 Å². The number of anilines is 2. The number of nitrogens with zero attached hydrogens (tertiary/aromatic N) is 1.